The van der Waals surface area contributed by atoms with E-state index < -0.39 is 6.10 Å². The standard InChI is InChI=1S/C17H28N2O5/c1-18-11-17(24-10-15(18)21)5-7-19(8-6-17)16(22)12-3-4-13(20)14(9-12)23-2/h12-14,20H,3-11H2,1-2H3/t12-,13+,14-/m0/s1. The number of hydrogen-bond acceptors (Lipinski definition) is 5. The lowest BCUT2D eigenvalue weighted by Crippen LogP contribution is -2.58. The number of aliphatic hydroxyl groups is 1. The first kappa shape index (κ1) is 17.6. The van der Waals surface area contributed by atoms with Crippen LogP contribution in [-0.2, 0) is 19.1 Å². The fourth-order valence-electron chi connectivity index (χ4n) is 4.18. The summed E-state index contributed by atoms with van der Waals surface area (Å²) in [6.45, 7) is 2.07. The van der Waals surface area contributed by atoms with Gasteiger partial charge in [-0.1, -0.05) is 0 Å². The van der Waals surface area contributed by atoms with E-state index in [9.17, 15) is 14.7 Å². The highest BCUT2D eigenvalue weighted by Crippen LogP contribution is 2.33. The van der Waals surface area contributed by atoms with E-state index >= 15 is 0 Å². The number of amides is 2. The summed E-state index contributed by atoms with van der Waals surface area (Å²) >= 11 is 0. The van der Waals surface area contributed by atoms with E-state index in [0.717, 1.165) is 19.3 Å². The van der Waals surface area contributed by atoms with Gasteiger partial charge < -0.3 is 24.4 Å². The normalized spacial score (nSPS) is 33.8. The minimum atomic E-state index is -0.465. The van der Waals surface area contributed by atoms with Crippen LogP contribution >= 0.6 is 0 Å². The Kier molecular flexibility index (Phi) is 5.13. The quantitative estimate of drug-likeness (QED) is 0.766. The van der Waals surface area contributed by atoms with Gasteiger partial charge in [0.1, 0.15) is 6.61 Å². The van der Waals surface area contributed by atoms with Gasteiger partial charge in [0, 0.05) is 39.7 Å². The molecule has 2 amide bonds. The van der Waals surface area contributed by atoms with Crippen molar-refractivity contribution in [3.8, 4) is 0 Å². The van der Waals surface area contributed by atoms with Crippen LogP contribution in [0.1, 0.15) is 32.1 Å². The molecule has 3 atom stereocenters. The lowest BCUT2D eigenvalue weighted by Gasteiger charge is -2.47. The molecule has 3 rings (SSSR count). The first-order valence-electron chi connectivity index (χ1n) is 8.82. The number of methoxy groups -OCH3 is 1. The molecule has 24 heavy (non-hydrogen) atoms. The highest BCUT2D eigenvalue weighted by atomic mass is 16.5. The second kappa shape index (κ2) is 6.98. The lowest BCUT2D eigenvalue weighted by atomic mass is 9.83. The van der Waals surface area contributed by atoms with E-state index in [1.54, 1.807) is 12.0 Å². The maximum Gasteiger partial charge on any atom is 0.248 e. The Bertz CT molecular complexity index is 489. The van der Waals surface area contributed by atoms with Crippen LogP contribution in [0.5, 0.6) is 0 Å². The van der Waals surface area contributed by atoms with Crippen LogP contribution in [0.4, 0.5) is 0 Å². The summed E-state index contributed by atoms with van der Waals surface area (Å²) in [6, 6.07) is 0. The largest absolute Gasteiger partial charge is 0.390 e. The van der Waals surface area contributed by atoms with Crippen molar-refractivity contribution in [2.75, 3.05) is 40.4 Å². The molecular formula is C17H28N2O5. The van der Waals surface area contributed by atoms with E-state index in [1.807, 2.05) is 11.9 Å². The van der Waals surface area contributed by atoms with Crippen molar-refractivity contribution < 1.29 is 24.2 Å². The summed E-state index contributed by atoms with van der Waals surface area (Å²) in [5, 5.41) is 9.89. The fourth-order valence-corrected chi connectivity index (χ4v) is 4.18. The summed E-state index contributed by atoms with van der Waals surface area (Å²) in [5.74, 6) is 0.119. The topological polar surface area (TPSA) is 79.3 Å². The van der Waals surface area contributed by atoms with E-state index in [0.29, 0.717) is 32.5 Å². The van der Waals surface area contributed by atoms with E-state index in [1.165, 1.54) is 0 Å². The molecule has 7 heteroatoms. The number of aliphatic hydroxyl groups excluding tert-OH is 1. The van der Waals surface area contributed by atoms with Crippen LogP contribution in [0.15, 0.2) is 0 Å². The Labute approximate surface area is 142 Å². The van der Waals surface area contributed by atoms with Crippen molar-refractivity contribution >= 4 is 11.8 Å². The molecule has 3 fully saturated rings. The molecule has 0 radical (unpaired) electrons. The summed E-state index contributed by atoms with van der Waals surface area (Å²) < 4.78 is 11.1. The zero-order chi connectivity index (χ0) is 17.3. The molecule has 1 N–H and O–H groups in total. The number of carbonyl (C=O) groups is 2. The SMILES string of the molecule is CO[C@H]1C[C@@H](C(=O)N2CCC3(CC2)CN(C)C(=O)CO3)CC[C@H]1O. The lowest BCUT2D eigenvalue weighted by molar-refractivity contribution is -0.172. The highest BCUT2D eigenvalue weighted by molar-refractivity contribution is 5.79. The molecule has 0 aromatic carbocycles. The van der Waals surface area contributed by atoms with Gasteiger partial charge >= 0.3 is 0 Å². The van der Waals surface area contributed by atoms with Crippen LogP contribution in [0.3, 0.4) is 0 Å². The monoisotopic (exact) mass is 340 g/mol. The molecule has 0 aromatic rings. The van der Waals surface area contributed by atoms with Crippen molar-refractivity contribution in [3.05, 3.63) is 0 Å². The summed E-state index contributed by atoms with van der Waals surface area (Å²) in [4.78, 5) is 28.0. The molecule has 3 aliphatic rings. The van der Waals surface area contributed by atoms with Crippen molar-refractivity contribution in [3.63, 3.8) is 0 Å². The molecule has 0 unspecified atom stereocenters. The number of nitrogens with zero attached hydrogens (tertiary/aromatic N) is 2. The smallest absolute Gasteiger partial charge is 0.248 e. The van der Waals surface area contributed by atoms with Crippen molar-refractivity contribution in [2.45, 2.75) is 49.9 Å². The average molecular weight is 340 g/mol. The van der Waals surface area contributed by atoms with Gasteiger partial charge in [0.15, 0.2) is 0 Å². The van der Waals surface area contributed by atoms with E-state index in [-0.39, 0.29) is 36.0 Å². The second-order valence-corrected chi connectivity index (χ2v) is 7.40. The average Bonchev–Trinajstić information content (AvgIpc) is 2.59. The number of likely N-dealkylation sites (N-methyl/N-ethyl adjacent to an activating group) is 1. The van der Waals surface area contributed by atoms with Crippen molar-refractivity contribution in [1.82, 2.24) is 9.80 Å². The summed E-state index contributed by atoms with van der Waals surface area (Å²) in [5.41, 5.74) is -0.294. The number of likely N-dealkylation sites (tertiary alicyclic amines) is 1. The van der Waals surface area contributed by atoms with Crippen LogP contribution in [0.25, 0.3) is 0 Å². The Morgan fingerprint density at radius 3 is 2.67 bits per heavy atom. The Balaban J connectivity index is 1.55. The fraction of sp³-hybridized carbons (Fsp3) is 0.882. The zero-order valence-electron chi connectivity index (χ0n) is 14.6. The first-order chi connectivity index (χ1) is 11.4. The van der Waals surface area contributed by atoms with Gasteiger partial charge in [-0.3, -0.25) is 9.59 Å². The van der Waals surface area contributed by atoms with Crippen molar-refractivity contribution in [2.24, 2.45) is 5.92 Å². The van der Waals surface area contributed by atoms with Crippen LogP contribution in [-0.4, -0.2) is 84.9 Å². The number of carbonyl (C=O) groups excluding carboxylic acids is 2. The molecule has 2 heterocycles. The number of piperidine rings is 1. The molecule has 0 bridgehead atoms. The van der Waals surface area contributed by atoms with Gasteiger partial charge in [0.2, 0.25) is 11.8 Å². The number of hydrogen-bond donors (Lipinski definition) is 1. The van der Waals surface area contributed by atoms with Gasteiger partial charge in [-0.25, -0.2) is 0 Å². The third-order valence-electron chi connectivity index (χ3n) is 5.85. The molecular weight excluding hydrogens is 312 g/mol. The number of rotatable bonds is 2. The van der Waals surface area contributed by atoms with Gasteiger partial charge in [0.25, 0.3) is 0 Å². The second-order valence-electron chi connectivity index (χ2n) is 7.40. The number of morpholine rings is 1. The van der Waals surface area contributed by atoms with Gasteiger partial charge in [-0.05, 0) is 32.1 Å². The molecule has 2 aliphatic heterocycles. The predicted octanol–water partition coefficient (Wildman–Crippen LogP) is 0.0122. The molecule has 2 saturated heterocycles. The van der Waals surface area contributed by atoms with Crippen LogP contribution < -0.4 is 0 Å². The molecule has 7 nitrogen and oxygen atoms in total. The molecule has 1 aliphatic carbocycles. The highest BCUT2D eigenvalue weighted by Gasteiger charge is 2.43. The number of ether oxygens (including phenoxy) is 2. The molecule has 136 valence electrons. The zero-order valence-corrected chi connectivity index (χ0v) is 14.6. The summed E-state index contributed by atoms with van der Waals surface area (Å²) in [6.07, 6.45) is 2.74. The minimum absolute atomic E-state index is 0.0190. The van der Waals surface area contributed by atoms with Crippen LogP contribution in [0, 0.1) is 5.92 Å². The molecule has 0 aromatic heterocycles. The Morgan fingerprint density at radius 2 is 2.04 bits per heavy atom. The third-order valence-corrected chi connectivity index (χ3v) is 5.85. The van der Waals surface area contributed by atoms with E-state index in [4.69, 9.17) is 9.47 Å². The van der Waals surface area contributed by atoms with Gasteiger partial charge in [0.05, 0.1) is 17.8 Å². The molecule has 1 saturated carbocycles. The van der Waals surface area contributed by atoms with Crippen LogP contribution in [0.2, 0.25) is 0 Å². The third kappa shape index (κ3) is 3.43. The maximum absolute atomic E-state index is 12.8. The minimum Gasteiger partial charge on any atom is -0.390 e. The van der Waals surface area contributed by atoms with Gasteiger partial charge in [-0.15, -0.1) is 0 Å². The van der Waals surface area contributed by atoms with Crippen molar-refractivity contribution in [1.29, 1.82) is 0 Å². The predicted molar refractivity (Wildman–Crippen MR) is 86.3 cm³/mol. The van der Waals surface area contributed by atoms with E-state index in [2.05, 4.69) is 0 Å². The Hall–Kier alpha value is -1.18. The van der Waals surface area contributed by atoms with Gasteiger partial charge in [-0.2, -0.15) is 0 Å². The first-order valence-corrected chi connectivity index (χ1v) is 8.82. The maximum atomic E-state index is 12.8. The molecule has 1 spiro atoms. The summed E-state index contributed by atoms with van der Waals surface area (Å²) in [7, 11) is 3.39. The Morgan fingerprint density at radius 1 is 1.33 bits per heavy atom.